The summed E-state index contributed by atoms with van der Waals surface area (Å²) in [4.78, 5) is 2.42. The summed E-state index contributed by atoms with van der Waals surface area (Å²) in [5.74, 6) is 1.82. The van der Waals surface area contributed by atoms with Crippen molar-refractivity contribution in [3.8, 4) is 0 Å². The molecule has 0 aromatic carbocycles. The second-order valence-corrected chi connectivity index (χ2v) is 5.63. The molecule has 1 aliphatic rings. The quantitative estimate of drug-likeness (QED) is 0.873. The summed E-state index contributed by atoms with van der Waals surface area (Å²) < 4.78 is 5.36. The molecular weight excluding hydrogens is 212 g/mol. The summed E-state index contributed by atoms with van der Waals surface area (Å²) >= 11 is 0. The van der Waals surface area contributed by atoms with E-state index in [0.717, 1.165) is 24.8 Å². The van der Waals surface area contributed by atoms with E-state index in [-0.39, 0.29) is 5.54 Å². The predicted molar refractivity (Wildman–Crippen MR) is 69.7 cm³/mol. The van der Waals surface area contributed by atoms with Crippen molar-refractivity contribution in [2.75, 3.05) is 13.6 Å². The molecule has 0 bridgehead atoms. The second kappa shape index (κ2) is 4.83. The SMILES string of the molecule is Cc1occc1CN(C)C1(CN)CCC(C)C1. The Labute approximate surface area is 104 Å². The topological polar surface area (TPSA) is 42.4 Å². The molecule has 1 fully saturated rings. The van der Waals surface area contributed by atoms with Gasteiger partial charge in [-0.1, -0.05) is 6.92 Å². The first-order chi connectivity index (χ1) is 8.07. The highest BCUT2D eigenvalue weighted by molar-refractivity contribution is 5.16. The first-order valence-electron chi connectivity index (χ1n) is 6.52. The molecule has 2 rings (SSSR count). The van der Waals surface area contributed by atoms with Crippen LogP contribution in [0, 0.1) is 12.8 Å². The van der Waals surface area contributed by atoms with Gasteiger partial charge in [0, 0.05) is 24.2 Å². The van der Waals surface area contributed by atoms with Crippen LogP contribution in [0.25, 0.3) is 0 Å². The fourth-order valence-electron chi connectivity index (χ4n) is 3.05. The smallest absolute Gasteiger partial charge is 0.105 e. The molecule has 2 unspecified atom stereocenters. The van der Waals surface area contributed by atoms with Crippen molar-refractivity contribution in [3.63, 3.8) is 0 Å². The van der Waals surface area contributed by atoms with Gasteiger partial charge in [0.1, 0.15) is 5.76 Å². The maximum absolute atomic E-state index is 6.03. The van der Waals surface area contributed by atoms with Crippen molar-refractivity contribution < 1.29 is 4.42 Å². The largest absolute Gasteiger partial charge is 0.469 e. The lowest BCUT2D eigenvalue weighted by Gasteiger charge is -2.38. The molecule has 1 aromatic rings. The van der Waals surface area contributed by atoms with E-state index in [1.165, 1.54) is 24.8 Å². The normalized spacial score (nSPS) is 29.1. The molecule has 0 saturated heterocycles. The van der Waals surface area contributed by atoms with E-state index in [1.54, 1.807) is 6.26 Å². The third-order valence-electron chi connectivity index (χ3n) is 4.39. The number of hydrogen-bond acceptors (Lipinski definition) is 3. The molecule has 2 N–H and O–H groups in total. The van der Waals surface area contributed by atoms with E-state index in [2.05, 4.69) is 24.9 Å². The van der Waals surface area contributed by atoms with Crippen LogP contribution in [0.15, 0.2) is 16.7 Å². The Bertz CT molecular complexity index is 374. The molecule has 1 aromatic heterocycles. The molecule has 1 heterocycles. The number of furan rings is 1. The van der Waals surface area contributed by atoms with Crippen LogP contribution in [-0.2, 0) is 6.54 Å². The molecule has 3 heteroatoms. The van der Waals surface area contributed by atoms with Gasteiger partial charge in [0.05, 0.1) is 6.26 Å². The Morgan fingerprint density at radius 3 is 2.82 bits per heavy atom. The van der Waals surface area contributed by atoms with Gasteiger partial charge in [0.2, 0.25) is 0 Å². The van der Waals surface area contributed by atoms with Crippen molar-refractivity contribution in [1.82, 2.24) is 4.90 Å². The average Bonchev–Trinajstić information content (AvgIpc) is 2.87. The number of aryl methyl sites for hydroxylation is 1. The maximum atomic E-state index is 6.03. The molecule has 3 nitrogen and oxygen atoms in total. The summed E-state index contributed by atoms with van der Waals surface area (Å²) in [6.45, 7) is 6.04. The first kappa shape index (κ1) is 12.7. The number of nitrogens with two attached hydrogens (primary N) is 1. The van der Waals surface area contributed by atoms with Gasteiger partial charge in [-0.15, -0.1) is 0 Å². The maximum Gasteiger partial charge on any atom is 0.105 e. The Hall–Kier alpha value is -0.800. The summed E-state index contributed by atoms with van der Waals surface area (Å²) in [5, 5.41) is 0. The van der Waals surface area contributed by atoms with Gasteiger partial charge in [-0.2, -0.15) is 0 Å². The van der Waals surface area contributed by atoms with Crippen LogP contribution in [0.2, 0.25) is 0 Å². The summed E-state index contributed by atoms with van der Waals surface area (Å²) in [5.41, 5.74) is 7.51. The van der Waals surface area contributed by atoms with Crippen LogP contribution in [0.5, 0.6) is 0 Å². The van der Waals surface area contributed by atoms with E-state index in [4.69, 9.17) is 10.2 Å². The Morgan fingerprint density at radius 2 is 2.35 bits per heavy atom. The molecule has 0 aliphatic heterocycles. The van der Waals surface area contributed by atoms with E-state index < -0.39 is 0 Å². The lowest BCUT2D eigenvalue weighted by molar-refractivity contribution is 0.119. The number of hydrogen-bond donors (Lipinski definition) is 1. The molecule has 0 amide bonds. The van der Waals surface area contributed by atoms with Crippen molar-refractivity contribution in [3.05, 3.63) is 23.7 Å². The number of nitrogens with zero attached hydrogens (tertiary/aromatic N) is 1. The van der Waals surface area contributed by atoms with Crippen molar-refractivity contribution in [1.29, 1.82) is 0 Å². The highest BCUT2D eigenvalue weighted by atomic mass is 16.3. The van der Waals surface area contributed by atoms with Gasteiger partial charge in [-0.25, -0.2) is 0 Å². The minimum atomic E-state index is 0.198. The first-order valence-corrected chi connectivity index (χ1v) is 6.52. The molecule has 1 saturated carbocycles. The lowest BCUT2D eigenvalue weighted by atomic mass is 9.94. The van der Waals surface area contributed by atoms with Gasteiger partial charge in [0.15, 0.2) is 0 Å². The van der Waals surface area contributed by atoms with Crippen molar-refractivity contribution >= 4 is 0 Å². The molecule has 0 spiro atoms. The molecule has 17 heavy (non-hydrogen) atoms. The second-order valence-electron chi connectivity index (χ2n) is 5.63. The highest BCUT2D eigenvalue weighted by Gasteiger charge is 2.39. The standard InChI is InChI=1S/C14H24N2O/c1-11-4-6-14(8-11,10-15)16(3)9-13-5-7-17-12(13)2/h5,7,11H,4,6,8-10,15H2,1-3H3. The molecular formula is C14H24N2O. The third kappa shape index (κ3) is 2.40. The molecule has 0 radical (unpaired) electrons. The zero-order valence-electron chi connectivity index (χ0n) is 11.2. The van der Waals surface area contributed by atoms with E-state index in [0.29, 0.717) is 0 Å². The number of likely N-dealkylation sites (N-methyl/N-ethyl adjacent to an activating group) is 1. The lowest BCUT2D eigenvalue weighted by Crippen LogP contribution is -2.49. The van der Waals surface area contributed by atoms with Crippen LogP contribution in [0.3, 0.4) is 0 Å². The van der Waals surface area contributed by atoms with Gasteiger partial charge >= 0.3 is 0 Å². The molecule has 2 atom stereocenters. The van der Waals surface area contributed by atoms with Crippen LogP contribution in [0.1, 0.15) is 37.5 Å². The summed E-state index contributed by atoms with van der Waals surface area (Å²) in [7, 11) is 2.19. The van der Waals surface area contributed by atoms with Gasteiger partial charge in [-0.3, -0.25) is 4.90 Å². The van der Waals surface area contributed by atoms with Crippen LogP contribution in [0.4, 0.5) is 0 Å². The average molecular weight is 236 g/mol. The van der Waals surface area contributed by atoms with E-state index in [9.17, 15) is 0 Å². The van der Waals surface area contributed by atoms with Crippen molar-refractivity contribution in [2.24, 2.45) is 11.7 Å². The zero-order valence-corrected chi connectivity index (χ0v) is 11.2. The summed E-state index contributed by atoms with van der Waals surface area (Å²) in [6, 6.07) is 2.06. The minimum absolute atomic E-state index is 0.198. The Balaban J connectivity index is 2.08. The van der Waals surface area contributed by atoms with Gasteiger partial charge in [0.25, 0.3) is 0 Å². The van der Waals surface area contributed by atoms with Gasteiger partial charge < -0.3 is 10.2 Å². The van der Waals surface area contributed by atoms with Crippen LogP contribution < -0.4 is 5.73 Å². The van der Waals surface area contributed by atoms with Crippen LogP contribution >= 0.6 is 0 Å². The highest BCUT2D eigenvalue weighted by Crippen LogP contribution is 2.38. The predicted octanol–water partition coefficient (Wildman–Crippen LogP) is 2.54. The van der Waals surface area contributed by atoms with Crippen molar-refractivity contribution in [2.45, 2.75) is 45.2 Å². The van der Waals surface area contributed by atoms with Crippen LogP contribution in [-0.4, -0.2) is 24.0 Å². The van der Waals surface area contributed by atoms with E-state index >= 15 is 0 Å². The summed E-state index contributed by atoms with van der Waals surface area (Å²) in [6.07, 6.45) is 5.51. The van der Waals surface area contributed by atoms with E-state index in [1.807, 2.05) is 6.92 Å². The van der Waals surface area contributed by atoms with Gasteiger partial charge in [-0.05, 0) is 45.2 Å². The monoisotopic (exact) mass is 236 g/mol. The Morgan fingerprint density at radius 1 is 1.59 bits per heavy atom. The zero-order chi connectivity index (χ0) is 12.5. The minimum Gasteiger partial charge on any atom is -0.469 e. The fraction of sp³-hybridized carbons (Fsp3) is 0.714. The Kier molecular flexibility index (Phi) is 3.59. The fourth-order valence-corrected chi connectivity index (χ4v) is 3.05. The number of rotatable bonds is 4. The molecule has 1 aliphatic carbocycles. The third-order valence-corrected chi connectivity index (χ3v) is 4.39. The molecule has 96 valence electrons.